The molecule has 0 aliphatic heterocycles. The fourth-order valence-corrected chi connectivity index (χ4v) is 5.78. The monoisotopic (exact) mass is 563 g/mol. The van der Waals surface area contributed by atoms with E-state index in [2.05, 4.69) is 5.32 Å². The SMILES string of the molecule is CCOc1ccccc1N(CCCC(=O)N(Cc1ccc(Cl)cc1)C(C)C(=O)NC1CCCC1)S(C)(=O)=O. The number of hydrogen-bond acceptors (Lipinski definition) is 5. The first-order valence-corrected chi connectivity index (χ1v) is 15.4. The van der Waals surface area contributed by atoms with Crippen LogP contribution in [0, 0.1) is 0 Å². The third kappa shape index (κ3) is 8.36. The molecule has 1 saturated carbocycles. The molecule has 208 valence electrons. The minimum absolute atomic E-state index is 0.0808. The predicted molar refractivity (Wildman–Crippen MR) is 151 cm³/mol. The number of carbonyl (C=O) groups excluding carboxylic acids is 2. The molecule has 1 aliphatic rings. The molecule has 8 nitrogen and oxygen atoms in total. The number of ether oxygens (including phenoxy) is 1. The second kappa shape index (κ2) is 13.8. The van der Waals surface area contributed by atoms with Crippen LogP contribution in [-0.2, 0) is 26.2 Å². The van der Waals surface area contributed by atoms with E-state index in [0.29, 0.717) is 23.1 Å². The molecule has 0 aromatic heterocycles. The Balaban J connectivity index is 1.73. The third-order valence-corrected chi connectivity index (χ3v) is 8.15. The number of nitrogens with one attached hydrogen (secondary N) is 1. The van der Waals surface area contributed by atoms with Gasteiger partial charge in [-0.05, 0) is 62.9 Å². The number of para-hydroxylation sites is 2. The predicted octanol–water partition coefficient (Wildman–Crippen LogP) is 4.76. The summed E-state index contributed by atoms with van der Waals surface area (Å²) in [5.74, 6) is 0.0662. The van der Waals surface area contributed by atoms with E-state index in [-0.39, 0.29) is 43.8 Å². The van der Waals surface area contributed by atoms with Crippen LogP contribution in [0.1, 0.15) is 57.9 Å². The number of carbonyl (C=O) groups is 2. The molecule has 0 spiro atoms. The lowest BCUT2D eigenvalue weighted by Crippen LogP contribution is -2.49. The third-order valence-electron chi connectivity index (χ3n) is 6.72. The summed E-state index contributed by atoms with van der Waals surface area (Å²) in [6.45, 7) is 4.32. The molecule has 1 fully saturated rings. The zero-order chi connectivity index (χ0) is 27.7. The second-order valence-corrected chi connectivity index (χ2v) is 12.0. The Labute approximate surface area is 231 Å². The number of benzene rings is 2. The normalized spacial score (nSPS) is 14.6. The largest absolute Gasteiger partial charge is 0.492 e. The number of hydrogen-bond donors (Lipinski definition) is 1. The van der Waals surface area contributed by atoms with Crippen molar-refractivity contribution in [2.24, 2.45) is 0 Å². The molecular weight excluding hydrogens is 526 g/mol. The van der Waals surface area contributed by atoms with Crippen LogP contribution in [0.3, 0.4) is 0 Å². The van der Waals surface area contributed by atoms with E-state index in [1.807, 2.05) is 19.1 Å². The Hall–Kier alpha value is -2.78. The van der Waals surface area contributed by atoms with Gasteiger partial charge in [0.25, 0.3) is 0 Å². The highest BCUT2D eigenvalue weighted by molar-refractivity contribution is 7.92. The molecule has 1 unspecified atom stereocenters. The van der Waals surface area contributed by atoms with E-state index in [9.17, 15) is 18.0 Å². The summed E-state index contributed by atoms with van der Waals surface area (Å²) in [6.07, 6.45) is 5.59. The molecule has 1 atom stereocenters. The van der Waals surface area contributed by atoms with Crippen LogP contribution in [0.4, 0.5) is 5.69 Å². The number of rotatable bonds is 13. The lowest BCUT2D eigenvalue weighted by atomic mass is 10.1. The lowest BCUT2D eigenvalue weighted by Gasteiger charge is -2.30. The average Bonchev–Trinajstić information content (AvgIpc) is 3.39. The number of halogens is 1. The molecule has 2 aromatic carbocycles. The number of anilines is 1. The number of sulfonamides is 1. The van der Waals surface area contributed by atoms with Crippen LogP contribution in [0.15, 0.2) is 48.5 Å². The van der Waals surface area contributed by atoms with E-state index < -0.39 is 16.1 Å². The van der Waals surface area contributed by atoms with Gasteiger partial charge in [0.05, 0.1) is 18.6 Å². The summed E-state index contributed by atoms with van der Waals surface area (Å²) in [7, 11) is -3.62. The van der Waals surface area contributed by atoms with Gasteiger partial charge in [-0.15, -0.1) is 0 Å². The summed E-state index contributed by atoms with van der Waals surface area (Å²) in [6, 6.07) is 13.6. The highest BCUT2D eigenvalue weighted by Crippen LogP contribution is 2.30. The van der Waals surface area contributed by atoms with Gasteiger partial charge < -0.3 is 15.0 Å². The average molecular weight is 564 g/mol. The maximum absolute atomic E-state index is 13.5. The lowest BCUT2D eigenvalue weighted by molar-refractivity contribution is -0.141. The molecule has 3 rings (SSSR count). The summed E-state index contributed by atoms with van der Waals surface area (Å²) in [5, 5.41) is 3.68. The molecule has 1 aliphatic carbocycles. The molecule has 0 saturated heterocycles. The fourth-order valence-electron chi connectivity index (χ4n) is 4.68. The van der Waals surface area contributed by atoms with Gasteiger partial charge in [-0.1, -0.05) is 48.7 Å². The summed E-state index contributed by atoms with van der Waals surface area (Å²) in [4.78, 5) is 28.1. The zero-order valence-corrected chi connectivity index (χ0v) is 23.9. The quantitative estimate of drug-likeness (QED) is 0.379. The second-order valence-electron chi connectivity index (χ2n) is 9.65. The first-order chi connectivity index (χ1) is 18.1. The van der Waals surface area contributed by atoms with Crippen molar-refractivity contribution < 1.29 is 22.7 Å². The van der Waals surface area contributed by atoms with Crippen molar-refractivity contribution in [2.75, 3.05) is 23.7 Å². The minimum Gasteiger partial charge on any atom is -0.492 e. The van der Waals surface area contributed by atoms with Gasteiger partial charge in [-0.3, -0.25) is 13.9 Å². The van der Waals surface area contributed by atoms with Crippen molar-refractivity contribution in [1.82, 2.24) is 10.2 Å². The Bertz CT molecular complexity index is 1180. The molecule has 0 bridgehead atoms. The maximum atomic E-state index is 13.5. The van der Waals surface area contributed by atoms with Gasteiger partial charge in [0.15, 0.2) is 0 Å². The van der Waals surface area contributed by atoms with Crippen molar-refractivity contribution in [3.05, 3.63) is 59.1 Å². The maximum Gasteiger partial charge on any atom is 0.242 e. The van der Waals surface area contributed by atoms with Crippen molar-refractivity contribution in [1.29, 1.82) is 0 Å². The van der Waals surface area contributed by atoms with Gasteiger partial charge in [-0.25, -0.2) is 8.42 Å². The van der Waals surface area contributed by atoms with Crippen molar-refractivity contribution in [2.45, 2.75) is 71.0 Å². The Kier molecular flexibility index (Phi) is 10.8. The fraction of sp³-hybridized carbons (Fsp3) is 0.500. The summed E-state index contributed by atoms with van der Waals surface area (Å²) >= 11 is 6.03. The first-order valence-electron chi connectivity index (χ1n) is 13.1. The minimum atomic E-state index is -3.62. The van der Waals surface area contributed by atoms with Gasteiger partial charge >= 0.3 is 0 Å². The number of amides is 2. The van der Waals surface area contributed by atoms with Crippen molar-refractivity contribution in [3.63, 3.8) is 0 Å². The zero-order valence-electron chi connectivity index (χ0n) is 22.4. The van der Waals surface area contributed by atoms with Gasteiger partial charge in [0.2, 0.25) is 21.8 Å². The van der Waals surface area contributed by atoms with Crippen molar-refractivity contribution >= 4 is 39.1 Å². The number of nitrogens with zero attached hydrogens (tertiary/aromatic N) is 2. The van der Waals surface area contributed by atoms with Crippen LogP contribution >= 0.6 is 11.6 Å². The molecule has 38 heavy (non-hydrogen) atoms. The summed E-state index contributed by atoms with van der Waals surface area (Å²) in [5.41, 5.74) is 1.29. The smallest absolute Gasteiger partial charge is 0.242 e. The Morgan fingerprint density at radius 2 is 1.76 bits per heavy atom. The molecule has 1 N–H and O–H groups in total. The van der Waals surface area contributed by atoms with Gasteiger partial charge in [0.1, 0.15) is 11.8 Å². The topological polar surface area (TPSA) is 96.0 Å². The highest BCUT2D eigenvalue weighted by Gasteiger charge is 2.29. The first kappa shape index (κ1) is 29.8. The van der Waals surface area contributed by atoms with E-state index in [1.54, 1.807) is 48.2 Å². The molecule has 0 radical (unpaired) electrons. The standard InChI is InChI=1S/C28H38ClN3O5S/c1-4-37-26-13-8-7-12-25(26)32(38(3,35)36)19-9-14-27(33)31(20-22-15-17-23(29)18-16-22)21(2)28(34)30-24-10-5-6-11-24/h7-8,12-13,15-18,21,24H,4-6,9-11,14,19-20H2,1-3H3,(H,30,34). The van der Waals surface area contributed by atoms with Gasteiger partial charge in [-0.2, -0.15) is 0 Å². The molecule has 2 amide bonds. The Morgan fingerprint density at radius 1 is 1.11 bits per heavy atom. The van der Waals surface area contributed by atoms with E-state index in [4.69, 9.17) is 16.3 Å². The molecule has 0 heterocycles. The van der Waals surface area contributed by atoms with Crippen LogP contribution in [0.5, 0.6) is 5.75 Å². The van der Waals surface area contributed by atoms with Crippen LogP contribution in [0.2, 0.25) is 5.02 Å². The van der Waals surface area contributed by atoms with E-state index in [1.165, 1.54) is 4.31 Å². The highest BCUT2D eigenvalue weighted by atomic mass is 35.5. The van der Waals surface area contributed by atoms with Crippen molar-refractivity contribution in [3.8, 4) is 5.75 Å². The Morgan fingerprint density at radius 3 is 2.39 bits per heavy atom. The van der Waals surface area contributed by atoms with Crippen LogP contribution < -0.4 is 14.4 Å². The van der Waals surface area contributed by atoms with Crippen LogP contribution in [-0.4, -0.2) is 56.6 Å². The molecule has 10 heteroatoms. The van der Waals surface area contributed by atoms with E-state index in [0.717, 1.165) is 37.5 Å². The van der Waals surface area contributed by atoms with Gasteiger partial charge in [0, 0.05) is 30.6 Å². The molecular formula is C28H38ClN3O5S. The summed E-state index contributed by atoms with van der Waals surface area (Å²) < 4.78 is 32.2. The van der Waals surface area contributed by atoms with Crippen LogP contribution in [0.25, 0.3) is 0 Å². The van der Waals surface area contributed by atoms with E-state index >= 15 is 0 Å². The molecule has 2 aromatic rings.